The summed E-state index contributed by atoms with van der Waals surface area (Å²) >= 11 is 0. The quantitative estimate of drug-likeness (QED) is 0.788. The van der Waals surface area contributed by atoms with Crippen LogP contribution in [-0.4, -0.2) is 37.0 Å². The van der Waals surface area contributed by atoms with Crippen molar-refractivity contribution >= 4 is 27.2 Å². The normalized spacial score (nSPS) is 17.7. The second-order valence-electron chi connectivity index (χ2n) is 6.48. The van der Waals surface area contributed by atoms with Crippen LogP contribution in [0.1, 0.15) is 28.4 Å². The van der Waals surface area contributed by atoms with E-state index in [0.29, 0.717) is 5.56 Å². The molecule has 0 fully saturated rings. The van der Waals surface area contributed by atoms with E-state index >= 15 is 0 Å². The fraction of sp³-hybridized carbons (Fsp3) is 0.222. The van der Waals surface area contributed by atoms with Gasteiger partial charge in [-0.05, 0) is 30.7 Å². The highest BCUT2D eigenvalue weighted by Crippen LogP contribution is 2.33. The molecular formula is C18H14F3NO5S. The van der Waals surface area contributed by atoms with Crippen LogP contribution in [0.5, 0.6) is 0 Å². The summed E-state index contributed by atoms with van der Waals surface area (Å²) < 4.78 is 63.8. The second kappa shape index (κ2) is 6.42. The van der Waals surface area contributed by atoms with Gasteiger partial charge in [0.1, 0.15) is 0 Å². The molecule has 0 radical (unpaired) electrons. The molecule has 1 unspecified atom stereocenters. The number of fused-ring (bicyclic) bond motifs is 2. The van der Waals surface area contributed by atoms with Gasteiger partial charge in [-0.15, -0.1) is 0 Å². The minimum Gasteiger partial charge on any atom is -0.373 e. The van der Waals surface area contributed by atoms with Crippen LogP contribution in [0, 0.1) is 0 Å². The third-order valence-electron chi connectivity index (χ3n) is 4.42. The monoisotopic (exact) mass is 413 g/mol. The van der Waals surface area contributed by atoms with E-state index in [1.165, 1.54) is 12.1 Å². The van der Waals surface area contributed by atoms with E-state index in [-0.39, 0.29) is 23.7 Å². The van der Waals surface area contributed by atoms with Crippen molar-refractivity contribution in [3.05, 3.63) is 59.2 Å². The van der Waals surface area contributed by atoms with Crippen LogP contribution in [-0.2, 0) is 20.4 Å². The lowest BCUT2D eigenvalue weighted by atomic mass is 9.99. The van der Waals surface area contributed by atoms with Gasteiger partial charge in [0.25, 0.3) is 5.91 Å². The summed E-state index contributed by atoms with van der Waals surface area (Å²) in [4.78, 5) is 24.1. The lowest BCUT2D eigenvalue weighted by molar-refractivity contribution is -0.242. The number of hydrogen-bond acceptors (Lipinski definition) is 5. The number of halogens is 3. The van der Waals surface area contributed by atoms with Gasteiger partial charge < -0.3 is 10.4 Å². The number of ketones is 1. The highest BCUT2D eigenvalue weighted by Gasteiger charge is 2.55. The van der Waals surface area contributed by atoms with Gasteiger partial charge in [0.2, 0.25) is 5.60 Å². The van der Waals surface area contributed by atoms with Gasteiger partial charge >= 0.3 is 6.18 Å². The van der Waals surface area contributed by atoms with Crippen LogP contribution in [0.4, 0.5) is 18.9 Å². The third-order valence-corrected chi connectivity index (χ3v) is 6.12. The van der Waals surface area contributed by atoms with E-state index in [9.17, 15) is 36.3 Å². The Morgan fingerprint density at radius 2 is 1.75 bits per heavy atom. The Hall–Kier alpha value is -2.72. The molecule has 1 atom stereocenters. The van der Waals surface area contributed by atoms with Crippen molar-refractivity contribution in [1.82, 2.24) is 0 Å². The average Bonchev–Trinajstić information content (AvgIpc) is 2.67. The smallest absolute Gasteiger partial charge is 0.373 e. The zero-order valence-corrected chi connectivity index (χ0v) is 15.2. The van der Waals surface area contributed by atoms with Crippen LogP contribution < -0.4 is 5.32 Å². The van der Waals surface area contributed by atoms with Crippen LogP contribution in [0.2, 0.25) is 0 Å². The van der Waals surface area contributed by atoms with Gasteiger partial charge in [-0.2, -0.15) is 13.2 Å². The number of anilines is 1. The number of carbonyl (C=O) groups excluding carboxylic acids is 2. The molecule has 0 bridgehead atoms. The average molecular weight is 413 g/mol. The molecule has 1 heterocycles. The summed E-state index contributed by atoms with van der Waals surface area (Å²) in [5.74, 6) is -2.80. The topological polar surface area (TPSA) is 101 Å². The minimum atomic E-state index is -5.23. The molecule has 1 amide bonds. The summed E-state index contributed by atoms with van der Waals surface area (Å²) in [6, 6.07) is 9.29. The summed E-state index contributed by atoms with van der Waals surface area (Å²) in [6.45, 7) is 0.280. The highest BCUT2D eigenvalue weighted by molar-refractivity contribution is 7.90. The van der Waals surface area contributed by atoms with E-state index < -0.39 is 44.0 Å². The Morgan fingerprint density at radius 3 is 2.39 bits per heavy atom. The molecule has 2 aromatic rings. The van der Waals surface area contributed by atoms with E-state index in [1.54, 1.807) is 12.1 Å². The molecular weight excluding hydrogens is 399 g/mol. The molecule has 28 heavy (non-hydrogen) atoms. The second-order valence-corrected chi connectivity index (χ2v) is 8.44. The molecule has 0 spiro atoms. The number of amides is 1. The summed E-state index contributed by atoms with van der Waals surface area (Å²) in [5.41, 5.74) is -3.61. The largest absolute Gasteiger partial charge is 0.426 e. The molecule has 1 aliphatic rings. The number of aliphatic hydroxyl groups is 1. The zero-order chi connectivity index (χ0) is 20.9. The standard InChI is InChI=1S/C18H14F3NO5S/c1-17(25,18(19,20)21)16(24)22-11-6-7-13-14(8-11)28(26,27)9-10-4-2-3-5-12(10)15(13)23/h2-8,25H,9H2,1H3,(H,22,24). The fourth-order valence-corrected chi connectivity index (χ4v) is 4.34. The zero-order valence-electron chi connectivity index (χ0n) is 14.4. The maximum Gasteiger partial charge on any atom is 0.426 e. The first-order valence-electron chi connectivity index (χ1n) is 7.94. The molecule has 0 aromatic heterocycles. The van der Waals surface area contributed by atoms with Gasteiger partial charge in [-0.1, -0.05) is 24.3 Å². The van der Waals surface area contributed by atoms with Crippen molar-refractivity contribution in [2.75, 3.05) is 5.32 Å². The predicted molar refractivity (Wildman–Crippen MR) is 92.5 cm³/mol. The molecule has 0 saturated carbocycles. The minimum absolute atomic E-state index is 0.148. The Labute approximate surface area is 157 Å². The van der Waals surface area contributed by atoms with E-state index in [2.05, 4.69) is 0 Å². The van der Waals surface area contributed by atoms with Crippen LogP contribution in [0.3, 0.4) is 0 Å². The van der Waals surface area contributed by atoms with Gasteiger partial charge in [0, 0.05) is 16.8 Å². The molecule has 148 valence electrons. The van der Waals surface area contributed by atoms with E-state index in [4.69, 9.17) is 0 Å². The molecule has 10 heteroatoms. The molecule has 0 aliphatic carbocycles. The molecule has 2 aromatic carbocycles. The Morgan fingerprint density at radius 1 is 1.11 bits per heavy atom. The Balaban J connectivity index is 2.04. The number of hydrogen-bond donors (Lipinski definition) is 2. The SMILES string of the molecule is CC(O)(C(=O)Nc1ccc2c(c1)S(=O)(=O)Cc1ccccc1C2=O)C(F)(F)F. The van der Waals surface area contributed by atoms with E-state index in [0.717, 1.165) is 18.2 Å². The van der Waals surface area contributed by atoms with Crippen LogP contribution >= 0.6 is 0 Å². The predicted octanol–water partition coefficient (Wildman–Crippen LogP) is 2.46. The molecule has 2 N–H and O–H groups in total. The molecule has 6 nitrogen and oxygen atoms in total. The number of sulfone groups is 1. The van der Waals surface area contributed by atoms with E-state index in [1.807, 2.05) is 5.32 Å². The summed E-state index contributed by atoms with van der Waals surface area (Å²) in [6.07, 6.45) is -5.23. The van der Waals surface area contributed by atoms with Crippen LogP contribution in [0.25, 0.3) is 0 Å². The van der Waals surface area contributed by atoms with Crippen molar-refractivity contribution in [3.63, 3.8) is 0 Å². The number of benzene rings is 2. The highest BCUT2D eigenvalue weighted by atomic mass is 32.2. The van der Waals surface area contributed by atoms with Gasteiger partial charge in [-0.3, -0.25) is 9.59 Å². The third kappa shape index (κ3) is 3.29. The van der Waals surface area contributed by atoms with Crippen LogP contribution in [0.15, 0.2) is 47.4 Å². The number of carbonyl (C=O) groups is 2. The molecule has 1 aliphatic heterocycles. The summed E-state index contributed by atoms with van der Waals surface area (Å²) in [5, 5.41) is 11.3. The Bertz CT molecular complexity index is 1090. The first-order chi connectivity index (χ1) is 12.8. The number of alkyl halides is 3. The van der Waals surface area contributed by atoms with Crippen molar-refractivity contribution < 1.29 is 36.3 Å². The fourth-order valence-electron chi connectivity index (χ4n) is 2.72. The Kier molecular flexibility index (Phi) is 4.59. The number of rotatable bonds is 2. The van der Waals surface area contributed by atoms with Crippen molar-refractivity contribution in [1.29, 1.82) is 0 Å². The lowest BCUT2D eigenvalue weighted by Gasteiger charge is -2.25. The van der Waals surface area contributed by atoms with Crippen molar-refractivity contribution in [3.8, 4) is 0 Å². The first-order valence-corrected chi connectivity index (χ1v) is 9.60. The van der Waals surface area contributed by atoms with Gasteiger partial charge in [-0.25, -0.2) is 8.42 Å². The molecule has 3 rings (SSSR count). The van der Waals surface area contributed by atoms with Crippen molar-refractivity contribution in [2.24, 2.45) is 0 Å². The van der Waals surface area contributed by atoms with Gasteiger partial charge in [0.15, 0.2) is 15.6 Å². The maximum atomic E-state index is 12.8. The maximum absolute atomic E-state index is 12.8. The van der Waals surface area contributed by atoms with Gasteiger partial charge in [0.05, 0.1) is 10.6 Å². The number of nitrogens with one attached hydrogen (secondary N) is 1. The lowest BCUT2D eigenvalue weighted by Crippen LogP contribution is -2.52. The summed E-state index contributed by atoms with van der Waals surface area (Å²) in [7, 11) is -4.00. The van der Waals surface area contributed by atoms with Crippen molar-refractivity contribution in [2.45, 2.75) is 29.3 Å². The molecule has 0 saturated heterocycles. The first kappa shape index (κ1) is 20.0.